The maximum absolute atomic E-state index is 12.7. The van der Waals surface area contributed by atoms with Crippen molar-refractivity contribution < 1.29 is 18.3 Å². The van der Waals surface area contributed by atoms with E-state index in [1.54, 1.807) is 13.0 Å². The van der Waals surface area contributed by atoms with Crippen LogP contribution < -0.4 is 0 Å². The molecule has 0 radical (unpaired) electrons. The first-order valence-corrected chi connectivity index (χ1v) is 4.85. The molecule has 0 heterocycles. The lowest BCUT2D eigenvalue weighted by Gasteiger charge is -2.13. The molecule has 0 saturated carbocycles. The SMILES string of the molecule is C/C(=C/C(C)O)c1ccccc1C(F)(F)F. The van der Waals surface area contributed by atoms with Crippen molar-refractivity contribution in [3.05, 3.63) is 41.5 Å². The predicted octanol–water partition coefficient (Wildman–Crippen LogP) is 3.49. The van der Waals surface area contributed by atoms with Crippen molar-refractivity contribution >= 4 is 5.57 Å². The van der Waals surface area contributed by atoms with Gasteiger partial charge in [0.2, 0.25) is 0 Å². The van der Waals surface area contributed by atoms with Crippen LogP contribution in [0, 0.1) is 0 Å². The van der Waals surface area contributed by atoms with E-state index in [9.17, 15) is 13.2 Å². The summed E-state index contributed by atoms with van der Waals surface area (Å²) < 4.78 is 38.0. The molecule has 1 unspecified atom stereocenters. The Kier molecular flexibility index (Phi) is 3.75. The number of aliphatic hydroxyl groups is 1. The van der Waals surface area contributed by atoms with Crippen molar-refractivity contribution in [1.29, 1.82) is 0 Å². The second kappa shape index (κ2) is 4.70. The first kappa shape index (κ1) is 12.8. The highest BCUT2D eigenvalue weighted by atomic mass is 19.4. The molecule has 1 atom stereocenters. The third kappa shape index (κ3) is 3.10. The Morgan fingerprint density at radius 2 is 1.88 bits per heavy atom. The van der Waals surface area contributed by atoms with E-state index in [1.165, 1.54) is 25.1 Å². The molecule has 0 fully saturated rings. The minimum atomic E-state index is -4.37. The molecular weight excluding hydrogens is 217 g/mol. The van der Waals surface area contributed by atoms with E-state index in [4.69, 9.17) is 5.11 Å². The fourth-order valence-corrected chi connectivity index (χ4v) is 1.53. The number of hydrogen-bond acceptors (Lipinski definition) is 1. The monoisotopic (exact) mass is 230 g/mol. The van der Waals surface area contributed by atoms with Crippen molar-refractivity contribution in [3.63, 3.8) is 0 Å². The van der Waals surface area contributed by atoms with Crippen LogP contribution in [0.3, 0.4) is 0 Å². The van der Waals surface area contributed by atoms with Gasteiger partial charge in [-0.25, -0.2) is 0 Å². The van der Waals surface area contributed by atoms with Gasteiger partial charge in [0, 0.05) is 0 Å². The molecule has 0 amide bonds. The van der Waals surface area contributed by atoms with Gasteiger partial charge in [0.05, 0.1) is 11.7 Å². The zero-order valence-corrected chi connectivity index (χ0v) is 9.05. The topological polar surface area (TPSA) is 20.2 Å². The minimum absolute atomic E-state index is 0.107. The van der Waals surface area contributed by atoms with E-state index in [1.807, 2.05) is 0 Å². The van der Waals surface area contributed by atoms with Crippen LogP contribution >= 0.6 is 0 Å². The highest BCUT2D eigenvalue weighted by Crippen LogP contribution is 2.34. The molecule has 1 N–H and O–H groups in total. The molecule has 1 aromatic carbocycles. The molecule has 1 aromatic rings. The Bertz CT molecular complexity index is 391. The van der Waals surface area contributed by atoms with Gasteiger partial charge in [0.1, 0.15) is 0 Å². The number of aliphatic hydroxyl groups excluding tert-OH is 1. The van der Waals surface area contributed by atoms with Crippen LogP contribution in [0.15, 0.2) is 30.3 Å². The second-order valence-corrected chi connectivity index (χ2v) is 3.63. The smallest absolute Gasteiger partial charge is 0.389 e. The molecule has 4 heteroatoms. The third-order valence-corrected chi connectivity index (χ3v) is 2.15. The number of allylic oxidation sites excluding steroid dienone is 1. The van der Waals surface area contributed by atoms with Gasteiger partial charge in [-0.2, -0.15) is 13.2 Å². The Morgan fingerprint density at radius 1 is 1.31 bits per heavy atom. The summed E-state index contributed by atoms with van der Waals surface area (Å²) in [6, 6.07) is 5.33. The Balaban J connectivity index is 3.24. The van der Waals surface area contributed by atoms with Crippen LogP contribution in [0.4, 0.5) is 13.2 Å². The zero-order valence-electron chi connectivity index (χ0n) is 9.05. The lowest BCUT2D eigenvalue weighted by Crippen LogP contribution is -2.08. The second-order valence-electron chi connectivity index (χ2n) is 3.63. The molecular formula is C12H13F3O. The first-order valence-electron chi connectivity index (χ1n) is 4.85. The average Bonchev–Trinajstić information content (AvgIpc) is 2.15. The molecule has 1 rings (SSSR count). The van der Waals surface area contributed by atoms with Gasteiger partial charge in [-0.15, -0.1) is 0 Å². The van der Waals surface area contributed by atoms with Crippen molar-refractivity contribution in [2.75, 3.05) is 0 Å². The molecule has 0 bridgehead atoms. The predicted molar refractivity (Wildman–Crippen MR) is 56.8 cm³/mol. The molecule has 1 nitrogen and oxygen atoms in total. The summed E-state index contributed by atoms with van der Waals surface area (Å²) in [5.41, 5.74) is -0.150. The molecule has 0 aliphatic heterocycles. The maximum atomic E-state index is 12.7. The molecule has 0 aromatic heterocycles. The Hall–Kier alpha value is -1.29. The third-order valence-electron chi connectivity index (χ3n) is 2.15. The lowest BCUT2D eigenvalue weighted by molar-refractivity contribution is -0.137. The van der Waals surface area contributed by atoms with Crippen molar-refractivity contribution in [3.8, 4) is 0 Å². The van der Waals surface area contributed by atoms with Gasteiger partial charge in [-0.05, 0) is 31.1 Å². The average molecular weight is 230 g/mol. The van der Waals surface area contributed by atoms with E-state index in [-0.39, 0.29) is 5.56 Å². The van der Waals surface area contributed by atoms with Gasteiger partial charge in [0.15, 0.2) is 0 Å². The summed E-state index contributed by atoms with van der Waals surface area (Å²) in [6.45, 7) is 3.05. The van der Waals surface area contributed by atoms with Gasteiger partial charge >= 0.3 is 6.18 Å². The van der Waals surface area contributed by atoms with E-state index in [0.29, 0.717) is 5.57 Å². The van der Waals surface area contributed by atoms with Crippen LogP contribution in [0.5, 0.6) is 0 Å². The van der Waals surface area contributed by atoms with Crippen LogP contribution in [-0.2, 0) is 6.18 Å². The molecule has 0 spiro atoms. The highest BCUT2D eigenvalue weighted by Gasteiger charge is 2.33. The summed E-state index contributed by atoms with van der Waals surface area (Å²) >= 11 is 0. The summed E-state index contributed by atoms with van der Waals surface area (Å²) in [5, 5.41) is 9.12. The zero-order chi connectivity index (χ0) is 12.3. The first-order chi connectivity index (χ1) is 7.32. The maximum Gasteiger partial charge on any atom is 0.416 e. The van der Waals surface area contributed by atoms with Gasteiger partial charge < -0.3 is 5.11 Å². The van der Waals surface area contributed by atoms with Crippen molar-refractivity contribution in [2.24, 2.45) is 0 Å². The van der Waals surface area contributed by atoms with Crippen molar-refractivity contribution in [1.82, 2.24) is 0 Å². The molecule has 0 saturated heterocycles. The molecule has 0 aliphatic rings. The fourth-order valence-electron chi connectivity index (χ4n) is 1.53. The van der Waals surface area contributed by atoms with E-state index in [0.717, 1.165) is 6.07 Å². The van der Waals surface area contributed by atoms with Gasteiger partial charge in [-0.1, -0.05) is 24.3 Å². The minimum Gasteiger partial charge on any atom is -0.389 e. The highest BCUT2D eigenvalue weighted by molar-refractivity contribution is 5.67. The standard InChI is InChI=1S/C12H13F3O/c1-8(7-9(2)16)10-5-3-4-6-11(10)12(13,14)15/h3-7,9,16H,1-2H3/b8-7-. The van der Waals surface area contributed by atoms with Crippen LogP contribution in [0.1, 0.15) is 25.0 Å². The van der Waals surface area contributed by atoms with Crippen LogP contribution in [0.25, 0.3) is 5.57 Å². The number of alkyl halides is 3. The quantitative estimate of drug-likeness (QED) is 0.824. The molecule has 16 heavy (non-hydrogen) atoms. The number of benzene rings is 1. The number of rotatable bonds is 2. The largest absolute Gasteiger partial charge is 0.416 e. The summed E-state index contributed by atoms with van der Waals surface area (Å²) in [4.78, 5) is 0. The fraction of sp³-hybridized carbons (Fsp3) is 0.333. The summed E-state index contributed by atoms with van der Waals surface area (Å²) in [5.74, 6) is 0. The normalized spacial score (nSPS) is 15.0. The molecule has 88 valence electrons. The van der Waals surface area contributed by atoms with Crippen LogP contribution in [0.2, 0.25) is 0 Å². The van der Waals surface area contributed by atoms with E-state index < -0.39 is 17.8 Å². The van der Waals surface area contributed by atoms with Crippen LogP contribution in [-0.4, -0.2) is 11.2 Å². The van der Waals surface area contributed by atoms with E-state index >= 15 is 0 Å². The summed E-state index contributed by atoms with van der Waals surface area (Å²) in [7, 11) is 0. The molecule has 0 aliphatic carbocycles. The lowest BCUT2D eigenvalue weighted by atomic mass is 9.99. The van der Waals surface area contributed by atoms with Gasteiger partial charge in [-0.3, -0.25) is 0 Å². The van der Waals surface area contributed by atoms with E-state index in [2.05, 4.69) is 0 Å². The Labute approximate surface area is 92.2 Å². The number of hydrogen-bond donors (Lipinski definition) is 1. The van der Waals surface area contributed by atoms with Gasteiger partial charge in [0.25, 0.3) is 0 Å². The van der Waals surface area contributed by atoms with Crippen molar-refractivity contribution in [2.45, 2.75) is 26.1 Å². The summed E-state index contributed by atoms with van der Waals surface area (Å²) in [6.07, 6.45) is -3.74. The number of halogens is 3. The Morgan fingerprint density at radius 3 is 2.38 bits per heavy atom.